The summed E-state index contributed by atoms with van der Waals surface area (Å²) < 4.78 is 4.71. The van der Waals surface area contributed by atoms with Crippen LogP contribution in [-0.4, -0.2) is 41.3 Å². The molecule has 1 saturated heterocycles. The summed E-state index contributed by atoms with van der Waals surface area (Å²) in [6, 6.07) is 0. The van der Waals surface area contributed by atoms with Gasteiger partial charge in [0, 0.05) is 6.42 Å². The number of unbranched alkanes of at least 4 members (excludes halogenated alkanes) is 8. The molecule has 0 bridgehead atoms. The molecule has 5 nitrogen and oxygen atoms in total. The van der Waals surface area contributed by atoms with Crippen molar-refractivity contribution in [1.82, 2.24) is 4.90 Å². The summed E-state index contributed by atoms with van der Waals surface area (Å²) in [6.45, 7) is 2.76. The van der Waals surface area contributed by atoms with Gasteiger partial charge in [0.05, 0.1) is 6.54 Å². The molecular weight excluding hydrogens is 270 g/mol. The van der Waals surface area contributed by atoms with Crippen LogP contribution in [0.4, 0.5) is 4.79 Å². The van der Waals surface area contributed by atoms with Crippen molar-refractivity contribution in [3.63, 3.8) is 0 Å². The summed E-state index contributed by atoms with van der Waals surface area (Å²) >= 11 is 0. The number of amides is 1. The number of cyclic esters (lactones) is 1. The van der Waals surface area contributed by atoms with E-state index >= 15 is 0 Å². The standard InChI is InChI=1S/C16H29NO4/c1-2-3-4-5-6-7-8-9-10-11-14(18)15(19)17-12-13-21-16(17)20/h15,19H,2-13H2,1H3/t15-/m0/s1. The van der Waals surface area contributed by atoms with Crippen LogP contribution in [0.3, 0.4) is 0 Å². The van der Waals surface area contributed by atoms with Crippen LogP contribution in [0.1, 0.15) is 71.1 Å². The molecule has 1 aliphatic rings. The third-order valence-corrected chi connectivity index (χ3v) is 3.90. The van der Waals surface area contributed by atoms with Crippen LogP contribution >= 0.6 is 0 Å². The number of ketones is 1. The van der Waals surface area contributed by atoms with Crippen LogP contribution < -0.4 is 0 Å². The maximum absolute atomic E-state index is 11.8. The topological polar surface area (TPSA) is 66.8 Å². The molecule has 0 unspecified atom stereocenters. The number of aliphatic hydroxyl groups is 1. The summed E-state index contributed by atoms with van der Waals surface area (Å²) in [5.74, 6) is -0.281. The van der Waals surface area contributed by atoms with Gasteiger partial charge in [-0.3, -0.25) is 9.69 Å². The highest BCUT2D eigenvalue weighted by atomic mass is 16.6. The van der Waals surface area contributed by atoms with Crippen LogP contribution in [-0.2, 0) is 9.53 Å². The van der Waals surface area contributed by atoms with Crippen LogP contribution in [0.25, 0.3) is 0 Å². The van der Waals surface area contributed by atoms with Crippen LogP contribution in [0, 0.1) is 0 Å². The fourth-order valence-electron chi connectivity index (χ4n) is 2.54. The van der Waals surface area contributed by atoms with E-state index in [0.29, 0.717) is 13.0 Å². The minimum Gasteiger partial charge on any atom is -0.447 e. The van der Waals surface area contributed by atoms with Crippen molar-refractivity contribution in [2.24, 2.45) is 0 Å². The number of hydrogen-bond acceptors (Lipinski definition) is 4. The monoisotopic (exact) mass is 299 g/mol. The van der Waals surface area contributed by atoms with Gasteiger partial charge in [-0.25, -0.2) is 4.79 Å². The molecule has 0 aromatic rings. The Morgan fingerprint density at radius 3 is 2.24 bits per heavy atom. The number of rotatable bonds is 12. The van der Waals surface area contributed by atoms with E-state index in [1.165, 1.54) is 38.5 Å². The molecule has 0 aromatic carbocycles. The molecule has 1 atom stereocenters. The van der Waals surface area contributed by atoms with Gasteiger partial charge in [0.25, 0.3) is 0 Å². The molecule has 0 aromatic heterocycles. The lowest BCUT2D eigenvalue weighted by Gasteiger charge is -2.18. The molecule has 0 spiro atoms. The van der Waals surface area contributed by atoms with E-state index in [4.69, 9.17) is 4.74 Å². The molecule has 1 fully saturated rings. The second kappa shape index (κ2) is 10.6. The third-order valence-electron chi connectivity index (χ3n) is 3.90. The molecule has 122 valence electrons. The Bertz CT molecular complexity index is 319. The Balaban J connectivity index is 1.99. The SMILES string of the molecule is CCCCCCCCCCCC(=O)[C@H](O)N1CCOC1=O. The van der Waals surface area contributed by atoms with Gasteiger partial charge in [-0.15, -0.1) is 0 Å². The molecular formula is C16H29NO4. The van der Waals surface area contributed by atoms with Crippen molar-refractivity contribution in [2.75, 3.05) is 13.2 Å². The van der Waals surface area contributed by atoms with E-state index in [9.17, 15) is 14.7 Å². The van der Waals surface area contributed by atoms with Crippen LogP contribution in [0.15, 0.2) is 0 Å². The second-order valence-electron chi connectivity index (χ2n) is 5.73. The average Bonchev–Trinajstić information content (AvgIpc) is 2.90. The minimum absolute atomic E-state index is 0.251. The largest absolute Gasteiger partial charge is 0.447 e. The third kappa shape index (κ3) is 6.93. The van der Waals surface area contributed by atoms with Gasteiger partial charge in [-0.1, -0.05) is 58.3 Å². The van der Waals surface area contributed by atoms with Gasteiger partial charge < -0.3 is 9.84 Å². The lowest BCUT2D eigenvalue weighted by atomic mass is 10.1. The molecule has 5 heteroatoms. The highest BCUT2D eigenvalue weighted by Gasteiger charge is 2.32. The van der Waals surface area contributed by atoms with E-state index in [2.05, 4.69) is 6.92 Å². The van der Waals surface area contributed by atoms with Crippen LogP contribution in [0.2, 0.25) is 0 Å². The summed E-state index contributed by atoms with van der Waals surface area (Å²) in [6.07, 6.45) is 9.08. The molecule has 1 rings (SSSR count). The Hall–Kier alpha value is -1.10. The number of ether oxygens (including phenoxy) is 1. The average molecular weight is 299 g/mol. The highest BCUT2D eigenvalue weighted by Crippen LogP contribution is 2.13. The quantitative estimate of drug-likeness (QED) is 0.562. The Morgan fingerprint density at radius 1 is 1.14 bits per heavy atom. The van der Waals surface area contributed by atoms with Crippen LogP contribution in [0.5, 0.6) is 0 Å². The second-order valence-corrected chi connectivity index (χ2v) is 5.73. The Kier molecular flexibility index (Phi) is 9.06. The maximum atomic E-state index is 11.8. The molecule has 1 aliphatic heterocycles. The first-order valence-electron chi connectivity index (χ1n) is 8.31. The normalized spacial score (nSPS) is 16.1. The van der Waals surface area contributed by atoms with E-state index in [1.54, 1.807) is 0 Å². The van der Waals surface area contributed by atoms with E-state index in [0.717, 1.165) is 24.2 Å². The molecule has 1 amide bonds. The van der Waals surface area contributed by atoms with E-state index < -0.39 is 12.3 Å². The number of nitrogens with zero attached hydrogens (tertiary/aromatic N) is 1. The van der Waals surface area contributed by atoms with Crippen molar-refractivity contribution >= 4 is 11.9 Å². The lowest BCUT2D eigenvalue weighted by molar-refractivity contribution is -0.134. The number of Topliss-reactive ketones (excluding diaryl/α,β-unsaturated/α-hetero) is 1. The van der Waals surface area contributed by atoms with Crippen molar-refractivity contribution in [2.45, 2.75) is 77.4 Å². The fourth-order valence-corrected chi connectivity index (χ4v) is 2.54. The number of carbonyl (C=O) groups excluding carboxylic acids is 2. The molecule has 1 heterocycles. The number of hydrogen-bond donors (Lipinski definition) is 1. The number of aliphatic hydroxyl groups excluding tert-OH is 1. The predicted octanol–water partition coefficient (Wildman–Crippen LogP) is 3.25. The van der Waals surface area contributed by atoms with Gasteiger partial charge in [0.15, 0.2) is 12.0 Å². The zero-order chi connectivity index (χ0) is 15.5. The minimum atomic E-state index is -1.32. The molecule has 21 heavy (non-hydrogen) atoms. The van der Waals surface area contributed by atoms with Crippen molar-refractivity contribution < 1.29 is 19.4 Å². The summed E-state index contributed by atoms with van der Waals surface area (Å²) in [4.78, 5) is 24.1. The van der Waals surface area contributed by atoms with Crippen molar-refractivity contribution in [3.8, 4) is 0 Å². The molecule has 0 aliphatic carbocycles. The molecule has 1 N–H and O–H groups in total. The first-order valence-corrected chi connectivity index (χ1v) is 8.31. The summed E-state index contributed by atoms with van der Waals surface area (Å²) in [7, 11) is 0. The van der Waals surface area contributed by atoms with Gasteiger partial charge in [0.2, 0.25) is 0 Å². The first-order chi connectivity index (χ1) is 10.2. The van der Waals surface area contributed by atoms with Gasteiger partial charge in [-0.05, 0) is 6.42 Å². The summed E-state index contributed by atoms with van der Waals surface area (Å²) in [5, 5.41) is 9.79. The smallest absolute Gasteiger partial charge is 0.412 e. The van der Waals surface area contributed by atoms with Crippen molar-refractivity contribution in [1.29, 1.82) is 0 Å². The maximum Gasteiger partial charge on any atom is 0.412 e. The first kappa shape index (κ1) is 18.0. The molecule has 0 saturated carbocycles. The number of carbonyl (C=O) groups is 2. The fraction of sp³-hybridized carbons (Fsp3) is 0.875. The Morgan fingerprint density at radius 2 is 1.71 bits per heavy atom. The molecule has 0 radical (unpaired) electrons. The lowest BCUT2D eigenvalue weighted by Crippen LogP contribution is -2.41. The van der Waals surface area contributed by atoms with Gasteiger partial charge in [0.1, 0.15) is 6.61 Å². The highest BCUT2D eigenvalue weighted by molar-refractivity contribution is 5.86. The predicted molar refractivity (Wildman–Crippen MR) is 80.9 cm³/mol. The Labute approximate surface area is 127 Å². The summed E-state index contributed by atoms with van der Waals surface area (Å²) in [5.41, 5.74) is 0. The van der Waals surface area contributed by atoms with Crippen molar-refractivity contribution in [3.05, 3.63) is 0 Å². The van der Waals surface area contributed by atoms with Gasteiger partial charge >= 0.3 is 6.09 Å². The van der Waals surface area contributed by atoms with E-state index in [-0.39, 0.29) is 12.4 Å². The van der Waals surface area contributed by atoms with E-state index in [1.807, 2.05) is 0 Å². The zero-order valence-electron chi connectivity index (χ0n) is 13.2. The van der Waals surface area contributed by atoms with Gasteiger partial charge in [-0.2, -0.15) is 0 Å². The zero-order valence-corrected chi connectivity index (χ0v) is 13.2.